The number of amides is 1. The number of hydrogen-bond acceptors (Lipinski definition) is 3. The number of para-hydroxylation sites is 1. The van der Waals surface area contributed by atoms with E-state index in [0.29, 0.717) is 19.1 Å². The van der Waals surface area contributed by atoms with Crippen molar-refractivity contribution in [3.63, 3.8) is 0 Å². The summed E-state index contributed by atoms with van der Waals surface area (Å²) in [4.78, 5) is 14.6. The molecule has 0 aliphatic carbocycles. The summed E-state index contributed by atoms with van der Waals surface area (Å²) < 4.78 is 5.63. The third kappa shape index (κ3) is 6.19. The number of ether oxygens (including phenoxy) is 1. The Kier molecular flexibility index (Phi) is 7.08. The van der Waals surface area contributed by atoms with Gasteiger partial charge in [-0.05, 0) is 37.0 Å². The minimum absolute atomic E-state index is 0.142. The molecular formula is C22H28N2O2. The van der Waals surface area contributed by atoms with E-state index in [2.05, 4.69) is 40.5 Å². The number of benzene rings is 2. The summed E-state index contributed by atoms with van der Waals surface area (Å²) in [5.41, 5.74) is 1.36. The van der Waals surface area contributed by atoms with E-state index < -0.39 is 0 Å². The highest BCUT2D eigenvalue weighted by molar-refractivity contribution is 5.76. The molecule has 2 aromatic rings. The van der Waals surface area contributed by atoms with Crippen LogP contribution in [0.15, 0.2) is 60.7 Å². The normalized spacial score (nSPS) is 15.5. The fraction of sp³-hybridized carbons (Fsp3) is 0.409. The number of likely N-dealkylation sites (tertiary alicyclic amines) is 1. The second-order valence-electron chi connectivity index (χ2n) is 6.87. The molecular weight excluding hydrogens is 324 g/mol. The Bertz CT molecular complexity index is 652. The van der Waals surface area contributed by atoms with Crippen molar-refractivity contribution in [2.24, 2.45) is 0 Å². The van der Waals surface area contributed by atoms with E-state index in [1.165, 1.54) is 5.56 Å². The molecule has 1 aliphatic rings. The average molecular weight is 352 g/mol. The van der Waals surface area contributed by atoms with Crippen LogP contribution in [-0.2, 0) is 11.3 Å². The van der Waals surface area contributed by atoms with E-state index in [1.807, 2.05) is 30.3 Å². The molecule has 2 aromatic carbocycles. The maximum atomic E-state index is 12.1. The fourth-order valence-electron chi connectivity index (χ4n) is 3.32. The molecule has 26 heavy (non-hydrogen) atoms. The molecule has 0 spiro atoms. The molecule has 4 heteroatoms. The van der Waals surface area contributed by atoms with Crippen LogP contribution in [0.25, 0.3) is 0 Å². The lowest BCUT2D eigenvalue weighted by molar-refractivity contribution is -0.122. The summed E-state index contributed by atoms with van der Waals surface area (Å²) >= 11 is 0. The van der Waals surface area contributed by atoms with Gasteiger partial charge in [-0.25, -0.2) is 0 Å². The van der Waals surface area contributed by atoms with Crippen LogP contribution in [0.3, 0.4) is 0 Å². The molecule has 0 unspecified atom stereocenters. The third-order valence-corrected chi connectivity index (χ3v) is 4.76. The van der Waals surface area contributed by atoms with Crippen LogP contribution in [-0.4, -0.2) is 36.5 Å². The third-order valence-electron chi connectivity index (χ3n) is 4.76. The topological polar surface area (TPSA) is 41.6 Å². The van der Waals surface area contributed by atoms with Gasteiger partial charge < -0.3 is 10.1 Å². The number of carbonyl (C=O) groups is 1. The molecule has 3 rings (SSSR count). The van der Waals surface area contributed by atoms with Crippen LogP contribution in [0.2, 0.25) is 0 Å². The number of nitrogens with zero attached hydrogens (tertiary/aromatic N) is 1. The maximum absolute atomic E-state index is 12.1. The Morgan fingerprint density at radius 1 is 1.00 bits per heavy atom. The molecule has 1 amide bonds. The van der Waals surface area contributed by atoms with Crippen LogP contribution >= 0.6 is 0 Å². The average Bonchev–Trinajstić information content (AvgIpc) is 2.68. The Morgan fingerprint density at radius 2 is 1.65 bits per heavy atom. The van der Waals surface area contributed by atoms with E-state index in [1.54, 1.807) is 0 Å². The van der Waals surface area contributed by atoms with Gasteiger partial charge in [0.25, 0.3) is 0 Å². The standard InChI is InChI=1S/C22H28N2O2/c25-22(12-7-17-26-21-10-5-2-6-11-21)23-20-13-15-24(16-14-20)18-19-8-3-1-4-9-19/h1-6,8-11,20H,7,12-18H2,(H,23,25). The Balaban J connectivity index is 1.28. The summed E-state index contributed by atoms with van der Waals surface area (Å²) in [5, 5.41) is 3.18. The van der Waals surface area contributed by atoms with Crippen LogP contribution in [0, 0.1) is 0 Å². The van der Waals surface area contributed by atoms with Gasteiger partial charge in [0.05, 0.1) is 6.61 Å². The highest BCUT2D eigenvalue weighted by Crippen LogP contribution is 2.14. The zero-order valence-electron chi connectivity index (χ0n) is 15.3. The van der Waals surface area contributed by atoms with Crippen molar-refractivity contribution in [1.29, 1.82) is 0 Å². The van der Waals surface area contributed by atoms with E-state index >= 15 is 0 Å². The first kappa shape index (κ1) is 18.5. The predicted molar refractivity (Wildman–Crippen MR) is 104 cm³/mol. The highest BCUT2D eigenvalue weighted by Gasteiger charge is 2.20. The van der Waals surface area contributed by atoms with Crippen LogP contribution in [0.5, 0.6) is 5.75 Å². The zero-order valence-corrected chi connectivity index (χ0v) is 15.3. The molecule has 1 saturated heterocycles. The first-order valence-corrected chi connectivity index (χ1v) is 9.53. The smallest absolute Gasteiger partial charge is 0.220 e. The monoisotopic (exact) mass is 352 g/mol. The van der Waals surface area contributed by atoms with Crippen LogP contribution < -0.4 is 10.1 Å². The molecule has 4 nitrogen and oxygen atoms in total. The molecule has 1 N–H and O–H groups in total. The van der Waals surface area contributed by atoms with Crippen molar-refractivity contribution in [3.8, 4) is 5.75 Å². The number of piperidine rings is 1. The Morgan fingerprint density at radius 3 is 2.35 bits per heavy atom. The van der Waals surface area contributed by atoms with Crippen molar-refractivity contribution >= 4 is 5.91 Å². The largest absolute Gasteiger partial charge is 0.494 e. The second-order valence-corrected chi connectivity index (χ2v) is 6.87. The summed E-state index contributed by atoms with van der Waals surface area (Å²) in [7, 11) is 0. The second kappa shape index (κ2) is 9.97. The van der Waals surface area contributed by atoms with Gasteiger partial charge in [-0.1, -0.05) is 48.5 Å². The SMILES string of the molecule is O=C(CCCOc1ccccc1)NC1CCN(Cc2ccccc2)CC1. The minimum Gasteiger partial charge on any atom is -0.494 e. The first-order valence-electron chi connectivity index (χ1n) is 9.53. The lowest BCUT2D eigenvalue weighted by atomic mass is 10.0. The molecule has 0 aromatic heterocycles. The van der Waals surface area contributed by atoms with E-state index in [9.17, 15) is 4.79 Å². The minimum atomic E-state index is 0.142. The van der Waals surface area contributed by atoms with E-state index in [4.69, 9.17) is 4.74 Å². The number of nitrogens with one attached hydrogen (secondary N) is 1. The summed E-state index contributed by atoms with van der Waals surface area (Å²) in [6.07, 6.45) is 3.32. The first-order chi connectivity index (χ1) is 12.8. The van der Waals surface area contributed by atoms with Gasteiger partial charge in [-0.15, -0.1) is 0 Å². The molecule has 0 atom stereocenters. The van der Waals surface area contributed by atoms with Crippen molar-refractivity contribution in [2.75, 3.05) is 19.7 Å². The molecule has 138 valence electrons. The summed E-state index contributed by atoms with van der Waals surface area (Å²) in [6, 6.07) is 20.6. The highest BCUT2D eigenvalue weighted by atomic mass is 16.5. The molecule has 0 radical (unpaired) electrons. The number of hydrogen-bond donors (Lipinski definition) is 1. The quantitative estimate of drug-likeness (QED) is 0.738. The molecule has 0 bridgehead atoms. The summed E-state index contributed by atoms with van der Waals surface area (Å²) in [5.74, 6) is 1.00. The molecule has 1 heterocycles. The van der Waals surface area contributed by atoms with Gasteiger partial charge in [0, 0.05) is 32.1 Å². The Hall–Kier alpha value is -2.33. The fourth-order valence-corrected chi connectivity index (χ4v) is 3.32. The zero-order chi connectivity index (χ0) is 18.0. The van der Waals surface area contributed by atoms with Gasteiger partial charge in [0.2, 0.25) is 5.91 Å². The van der Waals surface area contributed by atoms with Crippen LogP contribution in [0.4, 0.5) is 0 Å². The van der Waals surface area contributed by atoms with Gasteiger partial charge in [-0.3, -0.25) is 9.69 Å². The number of carbonyl (C=O) groups excluding carboxylic acids is 1. The van der Waals surface area contributed by atoms with Gasteiger partial charge in [0.15, 0.2) is 0 Å². The molecule has 1 fully saturated rings. The lowest BCUT2D eigenvalue weighted by Crippen LogP contribution is -2.44. The van der Waals surface area contributed by atoms with Crippen molar-refractivity contribution in [2.45, 2.75) is 38.3 Å². The number of rotatable bonds is 8. The molecule has 0 saturated carbocycles. The molecule has 1 aliphatic heterocycles. The van der Waals surface area contributed by atoms with Gasteiger partial charge in [0.1, 0.15) is 5.75 Å². The Labute approximate surface area is 156 Å². The maximum Gasteiger partial charge on any atom is 0.220 e. The van der Waals surface area contributed by atoms with Crippen molar-refractivity contribution in [3.05, 3.63) is 66.2 Å². The van der Waals surface area contributed by atoms with Gasteiger partial charge in [-0.2, -0.15) is 0 Å². The lowest BCUT2D eigenvalue weighted by Gasteiger charge is -2.32. The predicted octanol–water partition coefficient (Wildman–Crippen LogP) is 3.63. The van der Waals surface area contributed by atoms with Crippen molar-refractivity contribution < 1.29 is 9.53 Å². The van der Waals surface area contributed by atoms with Gasteiger partial charge >= 0.3 is 0 Å². The van der Waals surface area contributed by atoms with E-state index in [0.717, 1.165) is 44.6 Å². The van der Waals surface area contributed by atoms with Crippen molar-refractivity contribution in [1.82, 2.24) is 10.2 Å². The van der Waals surface area contributed by atoms with Crippen LogP contribution in [0.1, 0.15) is 31.2 Å². The summed E-state index contributed by atoms with van der Waals surface area (Å²) in [6.45, 7) is 3.65. The van der Waals surface area contributed by atoms with E-state index in [-0.39, 0.29) is 5.91 Å².